The van der Waals surface area contributed by atoms with Crippen molar-refractivity contribution in [2.75, 3.05) is 26.2 Å². The molecule has 1 saturated heterocycles. The number of aliphatic imine (C=N–C) groups is 2. The van der Waals surface area contributed by atoms with E-state index in [1.165, 1.54) is 13.8 Å². The zero-order chi connectivity index (χ0) is 57.1. The summed E-state index contributed by atoms with van der Waals surface area (Å²) >= 11 is 0. The van der Waals surface area contributed by atoms with Gasteiger partial charge in [0.25, 0.3) is 0 Å². The maximum atomic E-state index is 14.7. The molecule has 0 unspecified atom stereocenters. The van der Waals surface area contributed by atoms with E-state index in [0.717, 1.165) is 10.9 Å². The lowest BCUT2D eigenvalue weighted by Crippen LogP contribution is -2.60. The molecule has 1 aliphatic heterocycles. The molecule has 10 amide bonds. The zero-order valence-corrected chi connectivity index (χ0v) is 44.0. The number of benzene rings is 2. The minimum absolute atomic E-state index is 0.00167. The Morgan fingerprint density at radius 2 is 1.23 bits per heavy atom. The summed E-state index contributed by atoms with van der Waals surface area (Å²) in [6.07, 6.45) is 1.58. The van der Waals surface area contributed by atoms with Crippen LogP contribution in [0.25, 0.3) is 10.9 Å². The lowest BCUT2D eigenvalue weighted by atomic mass is 10.0. The van der Waals surface area contributed by atoms with Crippen molar-refractivity contribution >= 4 is 81.9 Å². The van der Waals surface area contributed by atoms with E-state index >= 15 is 0 Å². The van der Waals surface area contributed by atoms with Crippen molar-refractivity contribution < 1.29 is 47.9 Å². The third-order valence-corrected chi connectivity index (χ3v) is 12.5. The number of carbonyl (C=O) groups excluding carboxylic acids is 10. The number of fused-ring (bicyclic) bond motifs is 1. The van der Waals surface area contributed by atoms with Crippen molar-refractivity contribution in [3.05, 3.63) is 71.9 Å². The van der Waals surface area contributed by atoms with E-state index in [4.69, 9.17) is 28.7 Å². The van der Waals surface area contributed by atoms with Crippen LogP contribution in [0.4, 0.5) is 0 Å². The average Bonchev–Trinajstić information content (AvgIpc) is 3.81. The number of hydrogen-bond donors (Lipinski definition) is 15. The number of hydrogen-bond acceptors (Lipinski definition) is 12. The van der Waals surface area contributed by atoms with Crippen LogP contribution in [0.2, 0.25) is 0 Å². The molecule has 0 radical (unpaired) electrons. The highest BCUT2D eigenvalue weighted by Gasteiger charge is 2.35. The minimum atomic E-state index is -1.66. The predicted octanol–water partition coefficient (Wildman–Crippen LogP) is -3.43. The summed E-state index contributed by atoms with van der Waals surface area (Å²) in [6, 6.07) is 6.12. The van der Waals surface area contributed by atoms with Crippen LogP contribution in [-0.2, 0) is 60.8 Å². The third kappa shape index (κ3) is 21.8. The molecule has 3 aromatic rings. The zero-order valence-electron chi connectivity index (χ0n) is 44.0. The Bertz CT molecular complexity index is 2620. The molecule has 1 fully saturated rings. The number of H-pyrrole nitrogens is 1. The number of guanidine groups is 2. The van der Waals surface area contributed by atoms with Gasteiger partial charge in [0.2, 0.25) is 59.1 Å². The topological polar surface area (TPSA) is 450 Å². The van der Waals surface area contributed by atoms with Crippen molar-refractivity contribution in [2.45, 2.75) is 133 Å². The predicted molar refractivity (Wildman–Crippen MR) is 290 cm³/mol. The number of aromatic nitrogens is 1. The Labute approximate surface area is 451 Å². The van der Waals surface area contributed by atoms with E-state index in [9.17, 15) is 47.9 Å². The number of aromatic amines is 1. The molecule has 424 valence electrons. The van der Waals surface area contributed by atoms with Crippen LogP contribution >= 0.6 is 0 Å². The number of rotatable bonds is 20. The van der Waals surface area contributed by atoms with Gasteiger partial charge in [-0.1, -0.05) is 48.5 Å². The number of nitrogens with one attached hydrogen (secondary N) is 10. The SMILES string of the molecule is CC(=O)NCCC[C@@H]1NC(=O)[C@@H](NC(=O)[C@H](CCCN=C(N)N)NC(C)=O)CC(=O)NCCCC[C@@H](C(N)=O)NC(=O)[C@H](Cc2c[nH]c3ccccc23)NC(=O)[C@H](CCCN=C(N)N)NC(=O)[C@@H](Cc2ccccc2)NC1=O. The second-order valence-corrected chi connectivity index (χ2v) is 18.8. The van der Waals surface area contributed by atoms with Crippen LogP contribution in [-0.4, -0.2) is 144 Å². The maximum Gasteiger partial charge on any atom is 0.243 e. The summed E-state index contributed by atoms with van der Waals surface area (Å²) in [5.74, 6) is -8.12. The Hall–Kier alpha value is -8.78. The molecule has 27 nitrogen and oxygen atoms in total. The molecule has 78 heavy (non-hydrogen) atoms. The molecule has 1 aromatic heterocycles. The number of nitrogens with zero attached hydrogens (tertiary/aromatic N) is 2. The van der Waals surface area contributed by atoms with E-state index in [1.807, 2.05) is 18.2 Å². The lowest BCUT2D eigenvalue weighted by molar-refractivity contribution is -0.136. The largest absolute Gasteiger partial charge is 0.370 e. The number of para-hydroxylation sites is 1. The Balaban J connectivity index is 1.80. The molecule has 4 rings (SSSR count). The average molecular weight is 1090 g/mol. The van der Waals surface area contributed by atoms with Crippen LogP contribution in [0, 0.1) is 0 Å². The number of carbonyl (C=O) groups is 10. The molecule has 27 heteroatoms. The van der Waals surface area contributed by atoms with Crippen LogP contribution in [0.5, 0.6) is 0 Å². The summed E-state index contributed by atoms with van der Waals surface area (Å²) in [7, 11) is 0. The first-order valence-electron chi connectivity index (χ1n) is 25.8. The van der Waals surface area contributed by atoms with Gasteiger partial charge < -0.3 is 81.5 Å². The first kappa shape index (κ1) is 61.8. The molecule has 2 aromatic carbocycles. The molecule has 7 atom stereocenters. The van der Waals surface area contributed by atoms with Gasteiger partial charge in [-0.3, -0.25) is 57.9 Å². The van der Waals surface area contributed by atoms with Gasteiger partial charge in [-0.05, 0) is 75.0 Å². The Morgan fingerprint density at radius 1 is 0.654 bits per heavy atom. The normalized spacial score (nSPS) is 20.6. The highest BCUT2D eigenvalue weighted by atomic mass is 16.2. The fraction of sp³-hybridized carbons (Fsp3) is 0.490. The first-order valence-corrected chi connectivity index (χ1v) is 25.8. The van der Waals surface area contributed by atoms with Crippen LogP contribution in [0.15, 0.2) is 70.8 Å². The molecule has 20 N–H and O–H groups in total. The van der Waals surface area contributed by atoms with E-state index in [1.54, 1.807) is 42.6 Å². The highest BCUT2D eigenvalue weighted by Crippen LogP contribution is 2.20. The van der Waals surface area contributed by atoms with Crippen LogP contribution in [0.3, 0.4) is 0 Å². The lowest BCUT2D eigenvalue weighted by Gasteiger charge is -2.28. The number of primary amides is 1. The Morgan fingerprint density at radius 3 is 1.87 bits per heavy atom. The van der Waals surface area contributed by atoms with Crippen molar-refractivity contribution in [3.63, 3.8) is 0 Å². The molecular weight excluding hydrogens is 1010 g/mol. The quantitative estimate of drug-likeness (QED) is 0.0298. The van der Waals surface area contributed by atoms with Crippen molar-refractivity contribution in [1.82, 2.24) is 52.8 Å². The minimum Gasteiger partial charge on any atom is -0.370 e. The van der Waals surface area contributed by atoms with Gasteiger partial charge in [0.15, 0.2) is 11.9 Å². The molecule has 0 bridgehead atoms. The second kappa shape index (κ2) is 32.0. The van der Waals surface area contributed by atoms with Crippen LogP contribution in [0.1, 0.15) is 89.2 Å². The van der Waals surface area contributed by atoms with Gasteiger partial charge >= 0.3 is 0 Å². The summed E-state index contributed by atoms with van der Waals surface area (Å²) < 4.78 is 0. The molecule has 0 saturated carbocycles. The van der Waals surface area contributed by atoms with Crippen molar-refractivity contribution in [1.29, 1.82) is 0 Å². The third-order valence-electron chi connectivity index (χ3n) is 12.5. The number of amides is 10. The summed E-state index contributed by atoms with van der Waals surface area (Å²) in [6.45, 7) is 2.69. The molecule has 2 heterocycles. The molecule has 0 spiro atoms. The monoisotopic (exact) mass is 1090 g/mol. The van der Waals surface area contributed by atoms with Crippen molar-refractivity contribution in [2.24, 2.45) is 38.7 Å². The first-order chi connectivity index (χ1) is 37.2. The van der Waals surface area contributed by atoms with Crippen LogP contribution < -0.4 is 76.5 Å². The second-order valence-electron chi connectivity index (χ2n) is 18.8. The van der Waals surface area contributed by atoms with Gasteiger partial charge in [-0.2, -0.15) is 0 Å². The van der Waals surface area contributed by atoms with E-state index in [-0.39, 0.29) is 115 Å². The molecule has 0 aliphatic carbocycles. The van der Waals surface area contributed by atoms with Gasteiger partial charge in [-0.15, -0.1) is 0 Å². The van der Waals surface area contributed by atoms with Gasteiger partial charge in [0.05, 0.1) is 6.42 Å². The van der Waals surface area contributed by atoms with Gasteiger partial charge in [0.1, 0.15) is 42.3 Å². The molecular formula is C51H75N17O10. The standard InChI is InChI=1S/C51H75N17O10/c1-29(69)57-22-10-19-37-45(74)66-39(25-31-13-4-3-5-14-31)47(76)64-38(20-12-24-60-51(55)56)46(75)67-40(26-32-28-61-34-16-7-6-15-33(32)34)48(77)63-35(43(52)72)17-8-9-21-58-42(71)27-41(49(78)65-37)68-44(73)36(62-30(2)70)18-11-23-59-50(53)54/h3-7,13-16,28,35-41,61H,8-12,17-27H2,1-2H3,(H2,52,72)(H,57,69)(H,58,71)(H,62,70)(H,63,77)(H,64,76)(H,65,78)(H,66,74)(H,67,75)(H,68,73)(H4,53,54,59)(H4,55,56,60)/t35-,36-,37-,38-,39+,40-,41-/m0/s1. The highest BCUT2D eigenvalue weighted by molar-refractivity contribution is 5.99. The fourth-order valence-electron chi connectivity index (χ4n) is 8.51. The number of nitrogens with two attached hydrogens (primary N) is 5. The van der Waals surface area contributed by atoms with Gasteiger partial charge in [0, 0.05) is 70.0 Å². The smallest absolute Gasteiger partial charge is 0.243 e. The maximum absolute atomic E-state index is 14.7. The van der Waals surface area contributed by atoms with Crippen molar-refractivity contribution in [3.8, 4) is 0 Å². The van der Waals surface area contributed by atoms with E-state index < -0.39 is 102 Å². The summed E-state index contributed by atoms with van der Waals surface area (Å²) in [5, 5.41) is 24.7. The Kier molecular flexibility index (Phi) is 25.3. The van der Waals surface area contributed by atoms with E-state index in [2.05, 4.69) is 62.8 Å². The fourth-order valence-corrected chi connectivity index (χ4v) is 8.51. The van der Waals surface area contributed by atoms with E-state index in [0.29, 0.717) is 11.1 Å². The summed E-state index contributed by atoms with van der Waals surface area (Å²) in [4.78, 5) is 148. The summed E-state index contributed by atoms with van der Waals surface area (Å²) in [5.41, 5.74) is 29.8. The van der Waals surface area contributed by atoms with Gasteiger partial charge in [-0.25, -0.2) is 0 Å². The molecule has 1 aliphatic rings.